The minimum atomic E-state index is -0.225. The van der Waals surface area contributed by atoms with Crippen molar-refractivity contribution in [3.63, 3.8) is 0 Å². The van der Waals surface area contributed by atoms with Crippen LogP contribution in [0, 0.1) is 5.92 Å². The summed E-state index contributed by atoms with van der Waals surface area (Å²) < 4.78 is 0. The van der Waals surface area contributed by atoms with Crippen molar-refractivity contribution in [2.45, 2.75) is 26.3 Å². The quantitative estimate of drug-likeness (QED) is 0.411. The van der Waals surface area contributed by atoms with E-state index in [2.05, 4.69) is 92.8 Å². The Kier molecular flexibility index (Phi) is 6.11. The molecule has 4 rings (SSSR count). The molecule has 3 nitrogen and oxygen atoms in total. The van der Waals surface area contributed by atoms with E-state index in [9.17, 15) is 0 Å². The Bertz CT molecular complexity index is 1130. The van der Waals surface area contributed by atoms with Gasteiger partial charge < -0.3 is 11.1 Å². The molecule has 29 heavy (non-hydrogen) atoms. The van der Waals surface area contributed by atoms with Gasteiger partial charge in [-0.2, -0.15) is 0 Å². The predicted octanol–water partition coefficient (Wildman–Crippen LogP) is 6.26. The van der Waals surface area contributed by atoms with Gasteiger partial charge >= 0.3 is 0 Å². The molecule has 3 N–H and O–H groups in total. The molecule has 0 amide bonds. The molecule has 4 aromatic rings. The van der Waals surface area contributed by atoms with Crippen LogP contribution in [-0.2, 0) is 0 Å². The van der Waals surface area contributed by atoms with Gasteiger partial charge in [-0.1, -0.05) is 61.5 Å². The number of halogens is 1. The number of nitrogens with zero attached hydrogens (tertiary/aromatic N) is 1. The minimum absolute atomic E-state index is 0. The topological polar surface area (TPSA) is 50.9 Å². The van der Waals surface area contributed by atoms with Gasteiger partial charge in [-0.3, -0.25) is 0 Å². The van der Waals surface area contributed by atoms with Crippen LogP contribution in [0.3, 0.4) is 0 Å². The molecule has 0 radical (unpaired) electrons. The first-order valence-corrected chi connectivity index (χ1v) is 9.83. The third-order valence-corrected chi connectivity index (χ3v) is 5.63. The van der Waals surface area contributed by atoms with Gasteiger partial charge in [0.2, 0.25) is 0 Å². The average Bonchev–Trinajstić information content (AvgIpc) is 2.70. The molecule has 0 aliphatic rings. The molecule has 1 atom stereocenters. The van der Waals surface area contributed by atoms with Crippen LogP contribution in [0.2, 0.25) is 0 Å². The first kappa shape index (κ1) is 21.1. The van der Waals surface area contributed by atoms with Crippen molar-refractivity contribution in [1.29, 1.82) is 0 Å². The Hall–Kier alpha value is -2.62. The molecule has 1 aromatic heterocycles. The normalized spacial score (nSPS) is 12.6. The van der Waals surface area contributed by atoms with Crippen LogP contribution < -0.4 is 11.1 Å². The molecular weight excluding hydrogens is 378 g/mol. The van der Waals surface area contributed by atoms with E-state index in [-0.39, 0.29) is 17.9 Å². The monoisotopic (exact) mass is 405 g/mol. The summed E-state index contributed by atoms with van der Waals surface area (Å²) in [5.41, 5.74) is 10.3. The number of para-hydroxylation sites is 1. The highest BCUT2D eigenvalue weighted by Crippen LogP contribution is 2.30. The molecule has 1 heterocycles. The Labute approximate surface area is 178 Å². The van der Waals surface area contributed by atoms with Gasteiger partial charge in [-0.25, -0.2) is 4.98 Å². The first-order chi connectivity index (χ1) is 13.4. The van der Waals surface area contributed by atoms with Gasteiger partial charge in [-0.05, 0) is 48.7 Å². The highest BCUT2D eigenvalue weighted by Gasteiger charge is 2.20. The van der Waals surface area contributed by atoms with Crippen LogP contribution in [0.25, 0.3) is 32.9 Å². The number of nitrogens with one attached hydrogen (secondary N) is 1. The van der Waals surface area contributed by atoms with Crippen molar-refractivity contribution in [2.24, 2.45) is 11.7 Å². The zero-order valence-electron chi connectivity index (χ0n) is 17.1. The molecule has 0 bridgehead atoms. The lowest BCUT2D eigenvalue weighted by Crippen LogP contribution is -2.42. The first-order valence-electron chi connectivity index (χ1n) is 9.83. The molecule has 0 saturated heterocycles. The van der Waals surface area contributed by atoms with Gasteiger partial charge in [0.1, 0.15) is 0 Å². The third-order valence-electron chi connectivity index (χ3n) is 5.63. The Morgan fingerprint density at radius 1 is 0.931 bits per heavy atom. The summed E-state index contributed by atoms with van der Waals surface area (Å²) in [6.07, 6.45) is 0. The van der Waals surface area contributed by atoms with Crippen LogP contribution in [0.4, 0.5) is 5.69 Å². The van der Waals surface area contributed by atoms with Crippen LogP contribution in [0.15, 0.2) is 72.8 Å². The summed E-state index contributed by atoms with van der Waals surface area (Å²) in [5.74, 6) is 0.337. The van der Waals surface area contributed by atoms with Crippen molar-refractivity contribution in [2.75, 3.05) is 11.9 Å². The zero-order chi connectivity index (χ0) is 19.7. The summed E-state index contributed by atoms with van der Waals surface area (Å²) in [4.78, 5) is 4.92. The van der Waals surface area contributed by atoms with Crippen molar-refractivity contribution in [3.05, 3.63) is 72.8 Å². The third kappa shape index (κ3) is 4.52. The van der Waals surface area contributed by atoms with Crippen molar-refractivity contribution in [1.82, 2.24) is 4.98 Å². The standard InChI is InChI=1S/C25H27N3.ClH/c1-17(25(2,3)26)16-27-24-15-23(28-22-11-7-6-10-21(22)24)20-13-12-18-8-4-5-9-19(18)14-20;/h4-15,17H,16,26H2,1-3H3,(H,27,28);1H. The maximum Gasteiger partial charge on any atom is 0.0730 e. The van der Waals surface area contributed by atoms with Gasteiger partial charge in [0, 0.05) is 28.7 Å². The summed E-state index contributed by atoms with van der Waals surface area (Å²) in [5, 5.41) is 7.22. The number of rotatable bonds is 5. The fourth-order valence-electron chi connectivity index (χ4n) is 3.34. The fourth-order valence-corrected chi connectivity index (χ4v) is 3.34. The van der Waals surface area contributed by atoms with E-state index in [1.54, 1.807) is 0 Å². The number of anilines is 1. The second kappa shape index (κ2) is 8.40. The van der Waals surface area contributed by atoms with E-state index in [1.807, 2.05) is 6.07 Å². The number of fused-ring (bicyclic) bond motifs is 2. The van der Waals surface area contributed by atoms with E-state index in [0.29, 0.717) is 5.92 Å². The van der Waals surface area contributed by atoms with E-state index in [4.69, 9.17) is 10.7 Å². The van der Waals surface area contributed by atoms with Gasteiger partial charge in [0.25, 0.3) is 0 Å². The molecule has 150 valence electrons. The fraction of sp³-hybridized carbons (Fsp3) is 0.240. The number of nitrogens with two attached hydrogens (primary N) is 1. The van der Waals surface area contributed by atoms with E-state index in [0.717, 1.165) is 34.4 Å². The number of benzene rings is 3. The van der Waals surface area contributed by atoms with Gasteiger partial charge in [-0.15, -0.1) is 12.4 Å². The van der Waals surface area contributed by atoms with Crippen molar-refractivity contribution < 1.29 is 0 Å². The Morgan fingerprint density at radius 2 is 1.62 bits per heavy atom. The van der Waals surface area contributed by atoms with Gasteiger partial charge in [0.05, 0.1) is 11.2 Å². The van der Waals surface area contributed by atoms with E-state index < -0.39 is 0 Å². The zero-order valence-corrected chi connectivity index (χ0v) is 18.0. The number of hydrogen-bond acceptors (Lipinski definition) is 3. The molecule has 0 aliphatic heterocycles. The molecule has 4 heteroatoms. The highest BCUT2D eigenvalue weighted by atomic mass is 35.5. The average molecular weight is 406 g/mol. The summed E-state index contributed by atoms with van der Waals surface area (Å²) >= 11 is 0. The maximum atomic E-state index is 6.28. The SMILES string of the molecule is CC(CNc1cc(-c2ccc3ccccc3c2)nc2ccccc12)C(C)(C)N.Cl. The number of pyridine rings is 1. The smallest absolute Gasteiger partial charge is 0.0730 e. The molecule has 0 aliphatic carbocycles. The van der Waals surface area contributed by atoms with Gasteiger partial charge in [0.15, 0.2) is 0 Å². The van der Waals surface area contributed by atoms with Crippen LogP contribution in [0.1, 0.15) is 20.8 Å². The Balaban J connectivity index is 0.00000240. The number of aromatic nitrogens is 1. The van der Waals surface area contributed by atoms with Crippen molar-refractivity contribution in [3.8, 4) is 11.3 Å². The van der Waals surface area contributed by atoms with Crippen molar-refractivity contribution >= 4 is 39.8 Å². The second-order valence-electron chi connectivity index (χ2n) is 8.24. The molecule has 3 aromatic carbocycles. The maximum absolute atomic E-state index is 6.28. The molecule has 0 saturated carbocycles. The predicted molar refractivity (Wildman–Crippen MR) is 128 cm³/mol. The van der Waals surface area contributed by atoms with Crippen LogP contribution in [0.5, 0.6) is 0 Å². The van der Waals surface area contributed by atoms with Crippen LogP contribution in [-0.4, -0.2) is 17.1 Å². The molecule has 1 unspecified atom stereocenters. The minimum Gasteiger partial charge on any atom is -0.384 e. The Morgan fingerprint density at radius 3 is 2.38 bits per heavy atom. The lowest BCUT2D eigenvalue weighted by Gasteiger charge is -2.28. The van der Waals surface area contributed by atoms with Crippen LogP contribution >= 0.6 is 12.4 Å². The summed E-state index contributed by atoms with van der Waals surface area (Å²) in [6.45, 7) is 7.14. The number of hydrogen-bond donors (Lipinski definition) is 2. The second-order valence-corrected chi connectivity index (χ2v) is 8.24. The summed E-state index contributed by atoms with van der Waals surface area (Å²) in [6, 6.07) is 25.4. The molecular formula is C25H28ClN3. The van der Waals surface area contributed by atoms with E-state index in [1.165, 1.54) is 10.8 Å². The highest BCUT2D eigenvalue weighted by molar-refractivity contribution is 5.95. The summed E-state index contributed by atoms with van der Waals surface area (Å²) in [7, 11) is 0. The lowest BCUT2D eigenvalue weighted by atomic mass is 9.90. The largest absolute Gasteiger partial charge is 0.384 e. The lowest BCUT2D eigenvalue weighted by molar-refractivity contribution is 0.362. The van der Waals surface area contributed by atoms with E-state index >= 15 is 0 Å². The molecule has 0 spiro atoms. The molecule has 0 fully saturated rings.